The molecule has 0 aromatic rings. The number of hydrogen-bond donors (Lipinski definition) is 15. The van der Waals surface area contributed by atoms with E-state index < -0.39 is 109 Å². The molecule has 0 radical (unpaired) electrons. The lowest BCUT2D eigenvalue weighted by Crippen LogP contribution is -2.64. The Kier molecular flexibility index (Phi) is 15.4. The van der Waals surface area contributed by atoms with Crippen molar-refractivity contribution < 1.29 is 48.9 Å². The fraction of sp³-hybridized carbons (Fsp3) is 0.600. The lowest BCUT2D eigenvalue weighted by molar-refractivity contribution is -0.135. The van der Waals surface area contributed by atoms with Crippen LogP contribution in [0.3, 0.4) is 0 Å². The molecule has 0 aliphatic carbocycles. The number of aliphatic imine (C=N–C) groups is 1. The van der Waals surface area contributed by atoms with Gasteiger partial charge in [0, 0.05) is 31.6 Å². The number of aliphatic hydroxyl groups is 3. The van der Waals surface area contributed by atoms with Crippen molar-refractivity contribution in [1.82, 2.24) is 42.5 Å². The number of rotatable bonds is 10. The number of hydrogen-bond acceptors (Lipinski definition) is 15. The number of urea groups is 1. The number of guanidine groups is 1. The van der Waals surface area contributed by atoms with E-state index in [0.29, 0.717) is 25.6 Å². The normalized spacial score (nSPS) is 27.6. The summed E-state index contributed by atoms with van der Waals surface area (Å²) >= 11 is 0. The molecule has 2 heterocycles. The minimum Gasteiger partial charge on any atom is -0.394 e. The van der Waals surface area contributed by atoms with Crippen LogP contribution in [-0.2, 0) is 28.8 Å². The maximum Gasteiger partial charge on any atom is 0.316 e. The van der Waals surface area contributed by atoms with Crippen molar-refractivity contribution in [1.29, 1.82) is 0 Å². The molecule has 2 aliphatic rings. The van der Waals surface area contributed by atoms with Gasteiger partial charge in [0.15, 0.2) is 12.2 Å². The summed E-state index contributed by atoms with van der Waals surface area (Å²) in [6.45, 7) is -2.36. The number of nitrogens with zero attached hydrogens (tertiary/aromatic N) is 1. The van der Waals surface area contributed by atoms with Crippen molar-refractivity contribution in [3.63, 3.8) is 0 Å². The van der Waals surface area contributed by atoms with E-state index in [9.17, 15) is 48.9 Å². The van der Waals surface area contributed by atoms with E-state index in [0.717, 1.165) is 0 Å². The van der Waals surface area contributed by atoms with Crippen LogP contribution in [0.1, 0.15) is 25.7 Å². The van der Waals surface area contributed by atoms with E-state index >= 15 is 0 Å². The average Bonchev–Trinajstić information content (AvgIpc) is 3.02. The van der Waals surface area contributed by atoms with Gasteiger partial charge in [-0.1, -0.05) is 0 Å². The third kappa shape index (κ3) is 12.3. The number of nitrogens with two attached hydrogens (primary N) is 4. The Morgan fingerprint density at radius 1 is 0.979 bits per heavy atom. The second-order valence-corrected chi connectivity index (χ2v) is 10.7. The van der Waals surface area contributed by atoms with Gasteiger partial charge in [-0.2, -0.15) is 0 Å². The Morgan fingerprint density at radius 2 is 1.62 bits per heavy atom. The first-order valence-electron chi connectivity index (χ1n) is 14.7. The number of primary amides is 1. The van der Waals surface area contributed by atoms with Crippen LogP contribution >= 0.6 is 0 Å². The molecule has 23 nitrogen and oxygen atoms in total. The van der Waals surface area contributed by atoms with E-state index in [2.05, 4.69) is 42.2 Å². The highest BCUT2D eigenvalue weighted by Gasteiger charge is 2.37. The summed E-state index contributed by atoms with van der Waals surface area (Å²) < 4.78 is 0. The van der Waals surface area contributed by atoms with Crippen molar-refractivity contribution in [2.24, 2.45) is 27.9 Å². The Balaban J connectivity index is 2.54. The van der Waals surface area contributed by atoms with Crippen molar-refractivity contribution >= 4 is 47.4 Å². The molecule has 8 amide bonds. The van der Waals surface area contributed by atoms with Gasteiger partial charge >= 0.3 is 6.03 Å². The van der Waals surface area contributed by atoms with Gasteiger partial charge in [-0.3, -0.25) is 28.8 Å². The first-order chi connectivity index (χ1) is 22.7. The monoisotopic (exact) mass is 685 g/mol. The molecule has 19 N–H and O–H groups in total. The Morgan fingerprint density at radius 3 is 2.23 bits per heavy atom. The number of carbonyl (C=O) groups is 7. The molecule has 268 valence electrons. The molecule has 1 fully saturated rings. The summed E-state index contributed by atoms with van der Waals surface area (Å²) in [4.78, 5) is 94.0. The molecule has 2 rings (SSSR count). The van der Waals surface area contributed by atoms with Gasteiger partial charge < -0.3 is 80.8 Å². The van der Waals surface area contributed by atoms with Crippen molar-refractivity contribution in [2.75, 3.05) is 26.3 Å². The maximum absolute atomic E-state index is 13.6. The van der Waals surface area contributed by atoms with E-state index in [1.165, 1.54) is 0 Å². The van der Waals surface area contributed by atoms with E-state index in [-0.39, 0.29) is 18.8 Å². The molecule has 0 saturated carbocycles. The number of amides is 8. The summed E-state index contributed by atoms with van der Waals surface area (Å²) in [5.74, 6) is -6.65. The van der Waals surface area contributed by atoms with Crippen LogP contribution in [0.2, 0.25) is 0 Å². The molecule has 0 aromatic carbocycles. The minimum atomic E-state index is -1.78. The number of carbonyl (C=O) groups excluding carboxylic acids is 7. The molecule has 0 spiro atoms. The lowest BCUT2D eigenvalue weighted by atomic mass is 10.0. The predicted octanol–water partition coefficient (Wildman–Crippen LogP) is -8.88. The Hall–Kier alpha value is -5.10. The summed E-state index contributed by atoms with van der Waals surface area (Å²) in [6, 6.07) is -9.66. The predicted molar refractivity (Wildman–Crippen MR) is 164 cm³/mol. The fourth-order valence-electron chi connectivity index (χ4n) is 4.46. The van der Waals surface area contributed by atoms with Crippen LogP contribution in [0, 0.1) is 0 Å². The molecule has 23 heteroatoms. The molecule has 48 heavy (non-hydrogen) atoms. The van der Waals surface area contributed by atoms with Crippen LogP contribution in [-0.4, -0.2) is 132 Å². The van der Waals surface area contributed by atoms with E-state index in [1.807, 2.05) is 5.32 Å². The summed E-state index contributed by atoms with van der Waals surface area (Å²) in [5.41, 5.74) is 21.5. The lowest BCUT2D eigenvalue weighted by Gasteiger charge is -2.33. The number of aliphatic hydroxyl groups excluding tert-OH is 3. The molecule has 0 bridgehead atoms. The van der Waals surface area contributed by atoms with E-state index in [4.69, 9.17) is 22.9 Å². The highest BCUT2D eigenvalue weighted by Crippen LogP contribution is 2.11. The molecule has 2 aliphatic heterocycles. The minimum absolute atomic E-state index is 0.245. The summed E-state index contributed by atoms with van der Waals surface area (Å²) in [5, 5.41) is 47.9. The van der Waals surface area contributed by atoms with Crippen LogP contribution in [0.5, 0.6) is 0 Å². The molecule has 0 unspecified atom stereocenters. The van der Waals surface area contributed by atoms with Gasteiger partial charge in [0.05, 0.1) is 19.3 Å². The van der Waals surface area contributed by atoms with Gasteiger partial charge in [0.25, 0.3) is 5.91 Å². The van der Waals surface area contributed by atoms with Crippen LogP contribution in [0.15, 0.2) is 16.9 Å². The first-order valence-corrected chi connectivity index (χ1v) is 14.7. The smallest absolute Gasteiger partial charge is 0.316 e. The second-order valence-electron chi connectivity index (χ2n) is 10.7. The van der Waals surface area contributed by atoms with Gasteiger partial charge in [0.2, 0.25) is 29.5 Å². The fourth-order valence-corrected chi connectivity index (χ4v) is 4.46. The molecule has 1 saturated heterocycles. The van der Waals surface area contributed by atoms with Crippen LogP contribution < -0.4 is 65.5 Å². The van der Waals surface area contributed by atoms with Gasteiger partial charge in [-0.05, 0) is 19.4 Å². The molecular formula is C25H43N13O10. The maximum atomic E-state index is 13.6. The third-order valence-electron chi connectivity index (χ3n) is 6.91. The number of nitrogens with one attached hydrogen (secondary N) is 8. The molecule has 7 atom stereocenters. The van der Waals surface area contributed by atoms with Crippen LogP contribution in [0.4, 0.5) is 4.79 Å². The van der Waals surface area contributed by atoms with Crippen LogP contribution in [0.25, 0.3) is 0 Å². The SMILES string of the molecule is NCCC[C@H](N)CC(=O)N[C@H]1CNC(=O)[C@H]([C@H]2C[C@@H](O)N=C(N)N2)NC(=O)/C(=C/NC(N)=O)NC(=O)[C@H](CO)NC(=O)[C@H](CO)NC1=O. The highest BCUT2D eigenvalue weighted by molar-refractivity contribution is 6.02. The third-order valence-corrected chi connectivity index (χ3v) is 6.91. The topological polar surface area (TPSA) is 393 Å². The van der Waals surface area contributed by atoms with E-state index in [1.54, 1.807) is 0 Å². The largest absolute Gasteiger partial charge is 0.394 e. The van der Waals surface area contributed by atoms with Gasteiger partial charge in [0.1, 0.15) is 29.9 Å². The molecule has 0 aromatic heterocycles. The van der Waals surface area contributed by atoms with Crippen molar-refractivity contribution in [3.8, 4) is 0 Å². The standard InChI is InChI=1S/C25H43N13O10/c26-3-1-2-10(27)4-16(41)32-12-6-30-23(47)18(11-5-17(42)37-24(28)36-11)38-20(44)13(7-31-25(29)48)33-21(45)14(8-39)35-22(46)15(9-40)34-19(12)43/h7,10-12,14-15,17-18,39-40,42H,1-6,8-9,26-27H2,(H,30,47)(H,32,41)(H,33,45)(H,34,43)(H,35,46)(H,38,44)(H3,28,36,37)(H3,29,31,48)/b13-7-/t10-,11+,12-,14-,15-,17+,18-/m0/s1. The average molecular weight is 686 g/mol. The van der Waals surface area contributed by atoms with Gasteiger partial charge in [-0.15, -0.1) is 0 Å². The quantitative estimate of drug-likeness (QED) is 0.0950. The summed E-state index contributed by atoms with van der Waals surface area (Å²) in [6.07, 6.45) is -0.339. The highest BCUT2D eigenvalue weighted by atomic mass is 16.3. The summed E-state index contributed by atoms with van der Waals surface area (Å²) in [7, 11) is 0. The first kappa shape index (κ1) is 39.1. The Bertz CT molecular complexity index is 1280. The Labute approximate surface area is 273 Å². The van der Waals surface area contributed by atoms with Crippen molar-refractivity contribution in [3.05, 3.63) is 11.9 Å². The zero-order valence-corrected chi connectivity index (χ0v) is 25.7. The molecular weight excluding hydrogens is 642 g/mol. The van der Waals surface area contributed by atoms with Crippen molar-refractivity contribution in [2.45, 2.75) is 68.2 Å². The second kappa shape index (κ2) is 18.9. The zero-order valence-electron chi connectivity index (χ0n) is 25.7. The van der Waals surface area contributed by atoms with Gasteiger partial charge in [-0.25, -0.2) is 9.79 Å². The zero-order chi connectivity index (χ0) is 36.0.